The topological polar surface area (TPSA) is 83.1 Å². The molecule has 2 N–H and O–H groups in total. The lowest BCUT2D eigenvalue weighted by molar-refractivity contribution is 0.122. The lowest BCUT2D eigenvalue weighted by atomic mass is 10.2. The van der Waals surface area contributed by atoms with Crippen LogP contribution in [0.3, 0.4) is 0 Å². The van der Waals surface area contributed by atoms with Crippen molar-refractivity contribution in [3.63, 3.8) is 0 Å². The Balaban J connectivity index is 1.50. The Labute approximate surface area is 142 Å². The van der Waals surface area contributed by atoms with Crippen LogP contribution in [0.2, 0.25) is 0 Å². The molecule has 0 bridgehead atoms. The van der Waals surface area contributed by atoms with E-state index in [4.69, 9.17) is 4.74 Å². The van der Waals surface area contributed by atoms with Crippen molar-refractivity contribution in [1.29, 1.82) is 0 Å². The van der Waals surface area contributed by atoms with Crippen molar-refractivity contribution in [3.8, 4) is 0 Å². The highest BCUT2D eigenvalue weighted by Gasteiger charge is 2.15. The van der Waals surface area contributed by atoms with Gasteiger partial charge in [-0.2, -0.15) is 5.10 Å². The summed E-state index contributed by atoms with van der Waals surface area (Å²) in [5.74, 6) is 0.673. The molecule has 0 amide bonds. The van der Waals surface area contributed by atoms with E-state index in [0.717, 1.165) is 41.7 Å². The van der Waals surface area contributed by atoms with Crippen molar-refractivity contribution in [2.24, 2.45) is 0 Å². The summed E-state index contributed by atoms with van der Waals surface area (Å²) in [6, 6.07) is 7.44. The van der Waals surface area contributed by atoms with Gasteiger partial charge in [0, 0.05) is 29.5 Å². The molecular formula is C16H17N5O2S. The first kappa shape index (κ1) is 15.1. The van der Waals surface area contributed by atoms with Gasteiger partial charge >= 0.3 is 0 Å². The highest BCUT2D eigenvalue weighted by atomic mass is 32.1. The molecule has 124 valence electrons. The largest absolute Gasteiger partial charge is 0.378 e. The maximum absolute atomic E-state index is 11.8. The predicted molar refractivity (Wildman–Crippen MR) is 94.8 cm³/mol. The predicted octanol–water partition coefficient (Wildman–Crippen LogP) is 1.83. The average Bonchev–Trinajstić information content (AvgIpc) is 3.11. The van der Waals surface area contributed by atoms with Crippen LogP contribution in [0, 0.1) is 0 Å². The molecular weight excluding hydrogens is 326 g/mol. The lowest BCUT2D eigenvalue weighted by Gasteiger charge is -2.25. The number of hydrogen-bond donors (Lipinski definition) is 2. The fourth-order valence-electron chi connectivity index (χ4n) is 2.70. The number of aromatic nitrogens is 3. The summed E-state index contributed by atoms with van der Waals surface area (Å²) < 4.78 is 5.37. The molecule has 0 spiro atoms. The zero-order valence-electron chi connectivity index (χ0n) is 13.0. The van der Waals surface area contributed by atoms with E-state index in [1.807, 2.05) is 24.4 Å². The fourth-order valence-corrected chi connectivity index (χ4v) is 3.60. The van der Waals surface area contributed by atoms with Crippen LogP contribution in [-0.2, 0) is 11.3 Å². The fraction of sp³-hybridized carbons (Fsp3) is 0.312. The highest BCUT2D eigenvalue weighted by Crippen LogP contribution is 2.24. The minimum Gasteiger partial charge on any atom is -0.378 e. The number of thiazole rings is 1. The van der Waals surface area contributed by atoms with E-state index in [1.165, 1.54) is 0 Å². The normalized spacial score (nSPS) is 14.9. The number of H-pyrrole nitrogens is 1. The van der Waals surface area contributed by atoms with Gasteiger partial charge in [-0.1, -0.05) is 18.2 Å². The summed E-state index contributed by atoms with van der Waals surface area (Å²) in [5.41, 5.74) is -0.177. The zero-order chi connectivity index (χ0) is 16.4. The minimum absolute atomic E-state index is 0.177. The second-order valence-electron chi connectivity index (χ2n) is 5.51. The maximum atomic E-state index is 11.8. The number of anilines is 2. The summed E-state index contributed by atoms with van der Waals surface area (Å²) >= 11 is 1.66. The van der Waals surface area contributed by atoms with Crippen LogP contribution >= 0.6 is 11.3 Å². The number of rotatable bonds is 4. The molecule has 0 unspecified atom stereocenters. The third kappa shape index (κ3) is 2.98. The number of fused-ring (bicyclic) bond motifs is 1. The molecule has 7 nitrogen and oxygen atoms in total. The molecule has 0 radical (unpaired) electrons. The first-order chi connectivity index (χ1) is 11.8. The van der Waals surface area contributed by atoms with Crippen LogP contribution < -0.4 is 15.8 Å². The number of hydrogen-bond acceptors (Lipinski definition) is 7. The van der Waals surface area contributed by atoms with Gasteiger partial charge in [-0.25, -0.2) is 10.1 Å². The Morgan fingerprint density at radius 3 is 2.88 bits per heavy atom. The van der Waals surface area contributed by atoms with Crippen molar-refractivity contribution in [3.05, 3.63) is 45.7 Å². The van der Waals surface area contributed by atoms with Gasteiger partial charge in [0.05, 0.1) is 25.1 Å². The van der Waals surface area contributed by atoms with Crippen molar-refractivity contribution in [2.45, 2.75) is 6.54 Å². The molecule has 0 atom stereocenters. The quantitative estimate of drug-likeness (QED) is 0.752. The Morgan fingerprint density at radius 1 is 1.25 bits per heavy atom. The van der Waals surface area contributed by atoms with E-state index in [0.29, 0.717) is 17.7 Å². The number of aromatic amines is 1. The van der Waals surface area contributed by atoms with Gasteiger partial charge in [0.1, 0.15) is 0 Å². The second kappa shape index (κ2) is 6.58. The van der Waals surface area contributed by atoms with Crippen LogP contribution in [0.5, 0.6) is 0 Å². The molecule has 3 heterocycles. The number of benzene rings is 1. The van der Waals surface area contributed by atoms with Gasteiger partial charge in [-0.15, -0.1) is 11.3 Å². The Hall–Kier alpha value is -2.45. The van der Waals surface area contributed by atoms with Gasteiger partial charge in [0.2, 0.25) is 0 Å². The Kier molecular flexibility index (Phi) is 4.14. The van der Waals surface area contributed by atoms with E-state index in [2.05, 4.69) is 25.4 Å². The molecule has 3 aromatic rings. The lowest BCUT2D eigenvalue weighted by Crippen LogP contribution is -2.36. The van der Waals surface area contributed by atoms with E-state index in [-0.39, 0.29) is 5.56 Å². The molecule has 0 saturated carbocycles. The van der Waals surface area contributed by atoms with Crippen molar-refractivity contribution in [2.75, 3.05) is 36.5 Å². The van der Waals surface area contributed by atoms with E-state index in [1.54, 1.807) is 17.4 Å². The Morgan fingerprint density at radius 2 is 2.04 bits per heavy atom. The molecule has 1 fully saturated rings. The van der Waals surface area contributed by atoms with Gasteiger partial charge in [-0.3, -0.25) is 4.79 Å². The summed E-state index contributed by atoms with van der Waals surface area (Å²) in [6.07, 6.45) is 1.89. The maximum Gasteiger partial charge on any atom is 0.272 e. The molecule has 4 rings (SSSR count). The number of ether oxygens (including phenoxy) is 1. The Bertz CT molecular complexity index is 901. The number of nitrogens with one attached hydrogen (secondary N) is 2. The molecule has 1 aliphatic heterocycles. The third-order valence-electron chi connectivity index (χ3n) is 3.95. The smallest absolute Gasteiger partial charge is 0.272 e. The molecule has 1 aromatic carbocycles. The molecule has 24 heavy (non-hydrogen) atoms. The van der Waals surface area contributed by atoms with E-state index in [9.17, 15) is 4.79 Å². The molecule has 1 aliphatic rings. The summed E-state index contributed by atoms with van der Waals surface area (Å²) in [6.45, 7) is 3.88. The molecule has 8 heteroatoms. The van der Waals surface area contributed by atoms with Crippen LogP contribution in [-0.4, -0.2) is 41.5 Å². The van der Waals surface area contributed by atoms with Gasteiger partial charge < -0.3 is 15.0 Å². The monoisotopic (exact) mass is 343 g/mol. The van der Waals surface area contributed by atoms with Crippen LogP contribution in [0.15, 0.2) is 35.3 Å². The standard InChI is InChI=1S/C16H17N5O2S/c22-15-13-4-2-1-3-12(13)14(19-20-15)17-9-11-10-18-16(24-11)21-5-7-23-8-6-21/h1-4,10H,5-9H2,(H,17,19)(H,20,22). The second-order valence-corrected chi connectivity index (χ2v) is 6.60. The van der Waals surface area contributed by atoms with Crippen LogP contribution in [0.4, 0.5) is 10.9 Å². The molecule has 1 saturated heterocycles. The minimum atomic E-state index is -0.177. The SMILES string of the molecule is O=c1[nH]nc(NCc2cnc(N3CCOCC3)s2)c2ccccc12. The van der Waals surface area contributed by atoms with E-state index >= 15 is 0 Å². The first-order valence-electron chi connectivity index (χ1n) is 7.80. The highest BCUT2D eigenvalue weighted by molar-refractivity contribution is 7.15. The van der Waals surface area contributed by atoms with Crippen molar-refractivity contribution in [1.82, 2.24) is 15.2 Å². The number of nitrogens with zero attached hydrogens (tertiary/aromatic N) is 3. The van der Waals surface area contributed by atoms with Gasteiger partial charge in [0.25, 0.3) is 5.56 Å². The van der Waals surface area contributed by atoms with Crippen LogP contribution in [0.25, 0.3) is 10.8 Å². The van der Waals surface area contributed by atoms with Crippen molar-refractivity contribution >= 4 is 33.1 Å². The third-order valence-corrected chi connectivity index (χ3v) is 5.01. The zero-order valence-corrected chi connectivity index (χ0v) is 13.8. The average molecular weight is 343 g/mol. The summed E-state index contributed by atoms with van der Waals surface area (Å²) in [7, 11) is 0. The molecule has 0 aliphatic carbocycles. The van der Waals surface area contributed by atoms with Crippen molar-refractivity contribution < 1.29 is 4.74 Å². The summed E-state index contributed by atoms with van der Waals surface area (Å²) in [4.78, 5) is 19.7. The number of morpholine rings is 1. The van der Waals surface area contributed by atoms with Crippen LogP contribution in [0.1, 0.15) is 4.88 Å². The van der Waals surface area contributed by atoms with Gasteiger partial charge in [0.15, 0.2) is 10.9 Å². The molecule has 2 aromatic heterocycles. The summed E-state index contributed by atoms with van der Waals surface area (Å²) in [5, 5.41) is 12.4. The first-order valence-corrected chi connectivity index (χ1v) is 8.61. The van der Waals surface area contributed by atoms with E-state index < -0.39 is 0 Å². The van der Waals surface area contributed by atoms with Gasteiger partial charge in [-0.05, 0) is 6.07 Å².